The van der Waals surface area contributed by atoms with E-state index >= 15 is 0 Å². The molecule has 0 aliphatic heterocycles. The number of nitrogens with zero attached hydrogens (tertiary/aromatic N) is 2. The molecule has 0 unspecified atom stereocenters. The molecule has 0 spiro atoms. The molecule has 0 bridgehead atoms. The maximum atomic E-state index is 12.7. The van der Waals surface area contributed by atoms with Crippen LogP contribution in [0.25, 0.3) is 0 Å². The van der Waals surface area contributed by atoms with E-state index in [-0.39, 0.29) is 10.8 Å². The smallest absolute Gasteiger partial charge is 0.307 e. The predicted octanol–water partition coefficient (Wildman–Crippen LogP) is 2.73. The normalized spacial score (nSPS) is 10.6. The number of carbonyl (C=O) groups is 1. The Balaban J connectivity index is 2.44. The van der Waals surface area contributed by atoms with Gasteiger partial charge in [0.05, 0.1) is 0 Å². The van der Waals surface area contributed by atoms with Crippen LogP contribution in [0.1, 0.15) is 27.9 Å². The first kappa shape index (κ1) is 14.5. The van der Waals surface area contributed by atoms with Gasteiger partial charge in [0.2, 0.25) is 0 Å². The maximum Gasteiger partial charge on any atom is 0.307 e. The summed E-state index contributed by atoms with van der Waals surface area (Å²) in [5.41, 5.74) is 2.68. The van der Waals surface area contributed by atoms with Crippen LogP contribution < -0.4 is 9.77 Å². The van der Waals surface area contributed by atoms with E-state index in [4.69, 9.17) is 0 Å². The van der Waals surface area contributed by atoms with Crippen molar-refractivity contribution in [2.24, 2.45) is 7.05 Å². The van der Waals surface area contributed by atoms with Gasteiger partial charge in [-0.25, -0.2) is 0 Å². The first-order valence-corrected chi connectivity index (χ1v) is 7.32. The summed E-state index contributed by atoms with van der Waals surface area (Å²) in [6.07, 6.45) is 0. The van der Waals surface area contributed by atoms with Gasteiger partial charge >= 0.3 is 4.87 Å². The molecule has 0 fully saturated rings. The fraction of sp³-hybridized carbons (Fsp3) is 0.333. The molecule has 0 N–H and O–H groups in total. The number of aryl methyl sites for hydroxylation is 1. The SMILES string of the molecule is CCN(C(=O)c1sc(=O)n(C)c1C)c1cccc(C)c1. The highest BCUT2D eigenvalue weighted by molar-refractivity contribution is 7.11. The lowest BCUT2D eigenvalue weighted by molar-refractivity contribution is 0.0991. The number of aromatic nitrogens is 1. The van der Waals surface area contributed by atoms with Gasteiger partial charge in [-0.1, -0.05) is 23.5 Å². The lowest BCUT2D eigenvalue weighted by Crippen LogP contribution is -2.30. The van der Waals surface area contributed by atoms with E-state index in [1.165, 1.54) is 4.57 Å². The minimum absolute atomic E-state index is 0.105. The summed E-state index contributed by atoms with van der Waals surface area (Å²) in [4.78, 5) is 26.4. The molecule has 1 heterocycles. The van der Waals surface area contributed by atoms with Crippen molar-refractivity contribution in [3.63, 3.8) is 0 Å². The van der Waals surface area contributed by atoms with Crippen LogP contribution in [-0.2, 0) is 7.05 Å². The van der Waals surface area contributed by atoms with E-state index in [0.717, 1.165) is 28.3 Å². The molecule has 106 valence electrons. The summed E-state index contributed by atoms with van der Waals surface area (Å²) in [7, 11) is 1.69. The van der Waals surface area contributed by atoms with Crippen LogP contribution in [0.5, 0.6) is 0 Å². The molecule has 2 aromatic rings. The number of amides is 1. The van der Waals surface area contributed by atoms with Crippen LogP contribution in [-0.4, -0.2) is 17.0 Å². The predicted molar refractivity (Wildman–Crippen MR) is 82.8 cm³/mol. The number of carbonyl (C=O) groups excluding carboxylic acids is 1. The Labute approximate surface area is 122 Å². The number of anilines is 1. The summed E-state index contributed by atoms with van der Waals surface area (Å²) in [5.74, 6) is -0.113. The van der Waals surface area contributed by atoms with E-state index in [9.17, 15) is 9.59 Å². The Morgan fingerprint density at radius 2 is 2.05 bits per heavy atom. The van der Waals surface area contributed by atoms with Crippen molar-refractivity contribution < 1.29 is 4.79 Å². The van der Waals surface area contributed by atoms with E-state index in [1.54, 1.807) is 18.9 Å². The van der Waals surface area contributed by atoms with Gasteiger partial charge in [0.15, 0.2) is 0 Å². The zero-order valence-electron chi connectivity index (χ0n) is 12.1. The van der Waals surface area contributed by atoms with Gasteiger partial charge in [-0.3, -0.25) is 9.59 Å². The molecule has 0 saturated heterocycles. The third-order valence-electron chi connectivity index (χ3n) is 3.36. The Morgan fingerprint density at radius 3 is 2.55 bits per heavy atom. The quantitative estimate of drug-likeness (QED) is 0.872. The molecule has 4 nitrogen and oxygen atoms in total. The van der Waals surface area contributed by atoms with E-state index < -0.39 is 0 Å². The topological polar surface area (TPSA) is 42.3 Å². The Morgan fingerprint density at radius 1 is 1.35 bits per heavy atom. The summed E-state index contributed by atoms with van der Waals surface area (Å²) >= 11 is 1.01. The van der Waals surface area contributed by atoms with E-state index in [2.05, 4.69) is 0 Å². The fourth-order valence-corrected chi connectivity index (χ4v) is 3.01. The van der Waals surface area contributed by atoms with Gasteiger partial charge in [-0.05, 0) is 38.5 Å². The first-order valence-electron chi connectivity index (χ1n) is 6.50. The number of benzene rings is 1. The molecule has 1 aromatic carbocycles. The third kappa shape index (κ3) is 2.54. The highest BCUT2D eigenvalue weighted by atomic mass is 32.1. The van der Waals surface area contributed by atoms with Gasteiger partial charge in [0.1, 0.15) is 4.88 Å². The van der Waals surface area contributed by atoms with Gasteiger partial charge < -0.3 is 9.47 Å². The Hall–Kier alpha value is -1.88. The van der Waals surface area contributed by atoms with Gasteiger partial charge in [-0.2, -0.15) is 0 Å². The molecule has 0 atom stereocenters. The molecule has 0 radical (unpaired) electrons. The molecule has 0 aliphatic rings. The van der Waals surface area contributed by atoms with Crippen LogP contribution in [0.2, 0.25) is 0 Å². The van der Waals surface area contributed by atoms with Crippen LogP contribution in [0.4, 0.5) is 5.69 Å². The minimum Gasteiger partial charge on any atom is -0.308 e. The molecule has 1 aromatic heterocycles. The second kappa shape index (κ2) is 5.63. The van der Waals surface area contributed by atoms with Crippen molar-refractivity contribution >= 4 is 22.9 Å². The van der Waals surface area contributed by atoms with Gasteiger partial charge in [0, 0.05) is 25.0 Å². The van der Waals surface area contributed by atoms with Gasteiger partial charge in [0.25, 0.3) is 5.91 Å². The van der Waals surface area contributed by atoms with Crippen LogP contribution in [0, 0.1) is 13.8 Å². The molecule has 0 aliphatic carbocycles. The number of rotatable bonds is 3. The van der Waals surface area contributed by atoms with Crippen LogP contribution in [0.3, 0.4) is 0 Å². The lowest BCUT2D eigenvalue weighted by atomic mass is 10.2. The average Bonchev–Trinajstić information content (AvgIpc) is 2.67. The van der Waals surface area contributed by atoms with Crippen molar-refractivity contribution in [3.05, 3.63) is 50.1 Å². The van der Waals surface area contributed by atoms with Gasteiger partial charge in [-0.15, -0.1) is 0 Å². The number of hydrogen-bond acceptors (Lipinski definition) is 3. The number of thiazole rings is 1. The number of hydrogen-bond donors (Lipinski definition) is 0. The summed E-state index contributed by atoms with van der Waals surface area (Å²) in [6.45, 7) is 6.29. The zero-order valence-corrected chi connectivity index (χ0v) is 13.0. The maximum absolute atomic E-state index is 12.7. The molecule has 2 rings (SSSR count). The van der Waals surface area contributed by atoms with Crippen molar-refractivity contribution in [1.29, 1.82) is 0 Å². The van der Waals surface area contributed by atoms with Crippen molar-refractivity contribution in [2.75, 3.05) is 11.4 Å². The summed E-state index contributed by atoms with van der Waals surface area (Å²) in [5, 5.41) is 0. The van der Waals surface area contributed by atoms with Crippen molar-refractivity contribution in [3.8, 4) is 0 Å². The van der Waals surface area contributed by atoms with E-state index in [1.807, 2.05) is 38.1 Å². The standard InChI is InChI=1S/C15H18N2O2S/c1-5-17(12-8-6-7-10(2)9-12)14(18)13-11(3)16(4)15(19)20-13/h6-9H,5H2,1-4H3. The molecular weight excluding hydrogens is 272 g/mol. The largest absolute Gasteiger partial charge is 0.308 e. The second-order valence-electron chi connectivity index (χ2n) is 4.73. The summed E-state index contributed by atoms with van der Waals surface area (Å²) < 4.78 is 1.52. The van der Waals surface area contributed by atoms with E-state index in [0.29, 0.717) is 11.4 Å². The Bertz CT molecular complexity index is 700. The lowest BCUT2D eigenvalue weighted by Gasteiger charge is -2.21. The average molecular weight is 290 g/mol. The molecule has 1 amide bonds. The molecule has 0 saturated carbocycles. The Kier molecular flexibility index (Phi) is 4.09. The third-order valence-corrected chi connectivity index (χ3v) is 4.49. The van der Waals surface area contributed by atoms with Crippen LogP contribution in [0.15, 0.2) is 29.1 Å². The van der Waals surface area contributed by atoms with Crippen molar-refractivity contribution in [2.45, 2.75) is 20.8 Å². The van der Waals surface area contributed by atoms with Crippen LogP contribution >= 0.6 is 11.3 Å². The summed E-state index contributed by atoms with van der Waals surface area (Å²) in [6, 6.07) is 7.81. The first-order chi connectivity index (χ1) is 9.45. The zero-order chi connectivity index (χ0) is 14.9. The van der Waals surface area contributed by atoms with Crippen molar-refractivity contribution in [1.82, 2.24) is 4.57 Å². The highest BCUT2D eigenvalue weighted by Crippen LogP contribution is 2.21. The molecular formula is C15H18N2O2S. The highest BCUT2D eigenvalue weighted by Gasteiger charge is 2.22. The molecule has 20 heavy (non-hydrogen) atoms. The monoisotopic (exact) mass is 290 g/mol. The molecule has 5 heteroatoms. The second-order valence-corrected chi connectivity index (χ2v) is 5.69. The fourth-order valence-electron chi connectivity index (χ4n) is 2.08. The minimum atomic E-state index is -0.113.